The fourth-order valence-corrected chi connectivity index (χ4v) is 6.51. The van der Waals surface area contributed by atoms with Crippen LogP contribution in [0, 0.1) is 5.92 Å². The van der Waals surface area contributed by atoms with Gasteiger partial charge in [-0.1, -0.05) is 84.9 Å². The van der Waals surface area contributed by atoms with Crippen LogP contribution < -0.4 is 11.1 Å². The summed E-state index contributed by atoms with van der Waals surface area (Å²) in [5, 5.41) is 17.4. The standard InChI is InChI=1S/C36H35N5O4/c1-22(27-15-7-11-25-9-3-5-13-29(25)27)39-35(43)41-32(31(34(41)42)19-24-17-18-38-33(37)20-24)21-40(36(44)45)23(2)28-16-8-12-26-10-4-6-14-30(26)28/h3-18,20,22-23,31-32H,19,21H2,1-2H3,(H2,37,38)(H,39,43)(H,44,45)/t22-,23-,31-,32-/m1/s1. The maximum atomic E-state index is 13.8. The Hall–Kier alpha value is -5.44. The van der Waals surface area contributed by atoms with Crippen molar-refractivity contribution in [3.05, 3.63) is 120 Å². The lowest BCUT2D eigenvalue weighted by atomic mass is 9.82. The monoisotopic (exact) mass is 601 g/mol. The number of carbonyl (C=O) groups excluding carboxylic acids is 2. The number of urea groups is 1. The quantitative estimate of drug-likeness (QED) is 0.173. The van der Waals surface area contributed by atoms with Gasteiger partial charge in [0.05, 0.1) is 24.0 Å². The third-order valence-electron chi connectivity index (χ3n) is 8.87. The molecular weight excluding hydrogens is 566 g/mol. The van der Waals surface area contributed by atoms with Crippen molar-refractivity contribution in [3.8, 4) is 0 Å². The Labute approximate surface area is 261 Å². The lowest BCUT2D eigenvalue weighted by Gasteiger charge is -2.48. The number of β-lactam (4-membered cyclic amide) rings is 1. The van der Waals surface area contributed by atoms with E-state index in [1.807, 2.05) is 98.8 Å². The van der Waals surface area contributed by atoms with Crippen LogP contribution >= 0.6 is 0 Å². The minimum atomic E-state index is -1.13. The number of aromatic nitrogens is 1. The van der Waals surface area contributed by atoms with E-state index >= 15 is 0 Å². The van der Waals surface area contributed by atoms with E-state index < -0.39 is 36.2 Å². The van der Waals surface area contributed by atoms with Crippen molar-refractivity contribution in [1.82, 2.24) is 20.1 Å². The molecule has 4 atom stereocenters. The number of nitrogens with zero attached hydrogens (tertiary/aromatic N) is 3. The SMILES string of the molecule is C[C@H](c1cccc2ccccc12)N(C[C@@H]1[C@@H](Cc2ccnc(N)c2)C(=O)N1C(=O)N[C@H](C)c1cccc2ccccc12)C(=O)O. The number of carboxylic acid groups (broad SMARTS) is 1. The van der Waals surface area contributed by atoms with E-state index in [2.05, 4.69) is 10.3 Å². The van der Waals surface area contributed by atoms with Gasteiger partial charge in [-0.2, -0.15) is 0 Å². The molecule has 1 aromatic heterocycles. The highest BCUT2D eigenvalue weighted by Gasteiger charge is 2.52. The van der Waals surface area contributed by atoms with Crippen LogP contribution in [-0.4, -0.2) is 50.5 Å². The van der Waals surface area contributed by atoms with Gasteiger partial charge in [0.1, 0.15) is 5.82 Å². The van der Waals surface area contributed by atoms with Crippen LogP contribution in [0.5, 0.6) is 0 Å². The number of carbonyl (C=O) groups is 3. The van der Waals surface area contributed by atoms with Crippen LogP contribution in [0.2, 0.25) is 0 Å². The lowest BCUT2D eigenvalue weighted by molar-refractivity contribution is -0.151. The molecule has 4 aromatic carbocycles. The molecule has 1 saturated heterocycles. The minimum absolute atomic E-state index is 0.0488. The van der Waals surface area contributed by atoms with Gasteiger partial charge >= 0.3 is 12.1 Å². The Kier molecular flexibility index (Phi) is 8.08. The van der Waals surface area contributed by atoms with Crippen molar-refractivity contribution in [2.75, 3.05) is 12.3 Å². The molecule has 0 unspecified atom stereocenters. The molecular formula is C36H35N5O4. The Morgan fingerprint density at radius 1 is 0.911 bits per heavy atom. The van der Waals surface area contributed by atoms with Gasteiger partial charge in [0, 0.05) is 12.7 Å². The highest BCUT2D eigenvalue weighted by molar-refractivity contribution is 6.02. The second kappa shape index (κ2) is 12.3. The van der Waals surface area contributed by atoms with Crippen molar-refractivity contribution in [2.24, 2.45) is 5.92 Å². The molecule has 228 valence electrons. The summed E-state index contributed by atoms with van der Waals surface area (Å²) in [4.78, 5) is 46.8. The van der Waals surface area contributed by atoms with E-state index in [0.29, 0.717) is 12.2 Å². The number of nitrogens with one attached hydrogen (secondary N) is 1. The van der Waals surface area contributed by atoms with Crippen LogP contribution in [0.4, 0.5) is 15.4 Å². The fourth-order valence-electron chi connectivity index (χ4n) is 6.51. The fraction of sp³-hybridized carbons (Fsp3) is 0.222. The Morgan fingerprint density at radius 3 is 2.16 bits per heavy atom. The highest BCUT2D eigenvalue weighted by Crippen LogP contribution is 2.35. The molecule has 5 aromatic rings. The van der Waals surface area contributed by atoms with E-state index in [-0.39, 0.29) is 12.5 Å². The van der Waals surface area contributed by atoms with Crippen molar-refractivity contribution in [2.45, 2.75) is 38.4 Å². The zero-order valence-electron chi connectivity index (χ0n) is 25.1. The first-order valence-electron chi connectivity index (χ1n) is 15.0. The number of pyridine rings is 1. The maximum absolute atomic E-state index is 13.8. The number of fused-ring (bicyclic) bond motifs is 2. The summed E-state index contributed by atoms with van der Waals surface area (Å²) in [7, 11) is 0. The molecule has 1 aliphatic rings. The molecule has 0 radical (unpaired) electrons. The number of nitrogens with two attached hydrogens (primary N) is 1. The molecule has 0 saturated carbocycles. The maximum Gasteiger partial charge on any atom is 0.407 e. The molecule has 9 heteroatoms. The third kappa shape index (κ3) is 5.76. The summed E-state index contributed by atoms with van der Waals surface area (Å²) in [5.74, 6) is -0.654. The topological polar surface area (TPSA) is 129 Å². The van der Waals surface area contributed by atoms with Crippen LogP contribution in [0.3, 0.4) is 0 Å². The lowest BCUT2D eigenvalue weighted by Crippen LogP contribution is -2.69. The molecule has 0 bridgehead atoms. The number of nitrogen functional groups attached to an aromatic ring is 1. The molecule has 0 spiro atoms. The average Bonchev–Trinajstić information content (AvgIpc) is 3.04. The summed E-state index contributed by atoms with van der Waals surface area (Å²) in [5.41, 5.74) is 8.46. The molecule has 1 fully saturated rings. The third-order valence-corrected chi connectivity index (χ3v) is 8.87. The summed E-state index contributed by atoms with van der Waals surface area (Å²) in [6.45, 7) is 3.66. The van der Waals surface area contributed by atoms with Crippen LogP contribution in [0.25, 0.3) is 21.5 Å². The predicted molar refractivity (Wildman–Crippen MR) is 174 cm³/mol. The van der Waals surface area contributed by atoms with Gasteiger partial charge in [-0.15, -0.1) is 0 Å². The first-order valence-corrected chi connectivity index (χ1v) is 15.0. The van der Waals surface area contributed by atoms with Crippen molar-refractivity contribution in [3.63, 3.8) is 0 Å². The number of hydrogen-bond acceptors (Lipinski definition) is 5. The molecule has 2 heterocycles. The highest BCUT2D eigenvalue weighted by atomic mass is 16.4. The number of benzene rings is 4. The predicted octanol–water partition coefficient (Wildman–Crippen LogP) is 6.55. The first kappa shape index (κ1) is 29.6. The molecule has 9 nitrogen and oxygen atoms in total. The average molecular weight is 602 g/mol. The summed E-state index contributed by atoms with van der Waals surface area (Å²) >= 11 is 0. The van der Waals surface area contributed by atoms with E-state index in [0.717, 1.165) is 38.2 Å². The molecule has 45 heavy (non-hydrogen) atoms. The molecule has 4 N–H and O–H groups in total. The number of hydrogen-bond donors (Lipinski definition) is 3. The first-order chi connectivity index (χ1) is 21.7. The van der Waals surface area contributed by atoms with Crippen molar-refractivity contribution < 1.29 is 19.5 Å². The van der Waals surface area contributed by atoms with Crippen molar-refractivity contribution >= 4 is 45.4 Å². The molecule has 6 rings (SSSR count). The molecule has 4 amide bonds. The largest absolute Gasteiger partial charge is 0.465 e. The molecule has 1 aliphatic heterocycles. The number of amides is 4. The van der Waals surface area contributed by atoms with Crippen LogP contribution in [0.15, 0.2) is 103 Å². The second-order valence-corrected chi connectivity index (χ2v) is 11.6. The second-order valence-electron chi connectivity index (χ2n) is 11.6. The molecule has 0 aliphatic carbocycles. The number of rotatable bonds is 8. The van der Waals surface area contributed by atoms with Gasteiger partial charge in [0.15, 0.2) is 0 Å². The van der Waals surface area contributed by atoms with Gasteiger partial charge in [-0.05, 0) is 70.6 Å². The van der Waals surface area contributed by atoms with Gasteiger partial charge in [-0.25, -0.2) is 14.6 Å². The van der Waals surface area contributed by atoms with Gasteiger partial charge < -0.3 is 16.2 Å². The summed E-state index contributed by atoms with van der Waals surface area (Å²) in [6.07, 6.45) is 0.742. The number of anilines is 1. The van der Waals surface area contributed by atoms with Crippen LogP contribution in [0.1, 0.15) is 42.6 Å². The Bertz CT molecular complexity index is 1900. The number of likely N-dealkylation sites (tertiary alicyclic amines) is 1. The summed E-state index contributed by atoms with van der Waals surface area (Å²) < 4.78 is 0. The van der Waals surface area contributed by atoms with Crippen LogP contribution in [-0.2, 0) is 11.2 Å². The zero-order chi connectivity index (χ0) is 31.7. The normalized spacial score (nSPS) is 17.5. The Balaban J connectivity index is 1.30. The van der Waals surface area contributed by atoms with Gasteiger partial charge in [-0.3, -0.25) is 14.6 Å². The van der Waals surface area contributed by atoms with E-state index in [9.17, 15) is 19.5 Å². The van der Waals surface area contributed by atoms with Gasteiger partial charge in [0.2, 0.25) is 5.91 Å². The van der Waals surface area contributed by atoms with E-state index in [1.54, 1.807) is 18.3 Å². The number of imide groups is 1. The van der Waals surface area contributed by atoms with Crippen molar-refractivity contribution in [1.29, 1.82) is 0 Å². The minimum Gasteiger partial charge on any atom is -0.465 e. The Morgan fingerprint density at radius 2 is 1.51 bits per heavy atom. The van der Waals surface area contributed by atoms with E-state index in [1.165, 1.54) is 9.80 Å². The zero-order valence-corrected chi connectivity index (χ0v) is 25.1. The van der Waals surface area contributed by atoms with E-state index in [4.69, 9.17) is 5.73 Å². The van der Waals surface area contributed by atoms with Gasteiger partial charge in [0.25, 0.3) is 0 Å². The summed E-state index contributed by atoms with van der Waals surface area (Å²) in [6, 6.07) is 28.7. The smallest absolute Gasteiger partial charge is 0.407 e.